The SMILES string of the molecule is C=CCN(CC(C)C(=O)OC)C(=O)c1ccccc1F. The maximum atomic E-state index is 13.6. The molecular weight excluding hydrogens is 261 g/mol. The molecule has 0 saturated carbocycles. The molecule has 5 heteroatoms. The largest absolute Gasteiger partial charge is 0.469 e. The van der Waals surface area contributed by atoms with Gasteiger partial charge >= 0.3 is 5.97 Å². The van der Waals surface area contributed by atoms with Crippen molar-refractivity contribution in [3.05, 3.63) is 48.3 Å². The standard InChI is InChI=1S/C15H18FNO3/c1-4-9-17(10-11(2)15(19)20-3)14(18)12-7-5-6-8-13(12)16/h4-8,11H,1,9-10H2,2-3H3. The highest BCUT2D eigenvalue weighted by molar-refractivity contribution is 5.94. The Morgan fingerprint density at radius 1 is 1.45 bits per heavy atom. The highest BCUT2D eigenvalue weighted by Crippen LogP contribution is 2.12. The zero-order chi connectivity index (χ0) is 15.1. The first-order valence-electron chi connectivity index (χ1n) is 6.23. The molecule has 0 fully saturated rings. The molecule has 0 aliphatic heterocycles. The number of amides is 1. The Balaban J connectivity index is 2.91. The van der Waals surface area contributed by atoms with Crippen LogP contribution >= 0.6 is 0 Å². The molecule has 1 aromatic carbocycles. The van der Waals surface area contributed by atoms with Gasteiger partial charge in [0.15, 0.2) is 0 Å². The summed E-state index contributed by atoms with van der Waals surface area (Å²) in [4.78, 5) is 25.1. The summed E-state index contributed by atoms with van der Waals surface area (Å²) >= 11 is 0. The Morgan fingerprint density at radius 3 is 2.65 bits per heavy atom. The Kier molecular flexibility index (Phi) is 5.90. The number of carbonyl (C=O) groups is 2. The first-order valence-corrected chi connectivity index (χ1v) is 6.23. The van der Waals surface area contributed by atoms with Gasteiger partial charge in [-0.2, -0.15) is 0 Å². The van der Waals surface area contributed by atoms with Gasteiger partial charge in [0, 0.05) is 13.1 Å². The number of rotatable bonds is 6. The van der Waals surface area contributed by atoms with E-state index in [2.05, 4.69) is 11.3 Å². The van der Waals surface area contributed by atoms with Gasteiger partial charge in [-0.1, -0.05) is 25.1 Å². The van der Waals surface area contributed by atoms with E-state index in [1.54, 1.807) is 13.0 Å². The average molecular weight is 279 g/mol. The van der Waals surface area contributed by atoms with Crippen LogP contribution in [0.25, 0.3) is 0 Å². The molecular formula is C15H18FNO3. The Hall–Kier alpha value is -2.17. The summed E-state index contributed by atoms with van der Waals surface area (Å²) in [6.45, 7) is 5.59. The fourth-order valence-corrected chi connectivity index (χ4v) is 1.81. The molecule has 0 aliphatic rings. The number of nitrogens with zero attached hydrogens (tertiary/aromatic N) is 1. The fourth-order valence-electron chi connectivity index (χ4n) is 1.81. The zero-order valence-electron chi connectivity index (χ0n) is 11.6. The average Bonchev–Trinajstić information content (AvgIpc) is 2.45. The highest BCUT2D eigenvalue weighted by Gasteiger charge is 2.23. The summed E-state index contributed by atoms with van der Waals surface area (Å²) in [6, 6.07) is 5.74. The minimum atomic E-state index is -0.586. The van der Waals surface area contributed by atoms with E-state index in [4.69, 9.17) is 0 Å². The van der Waals surface area contributed by atoms with Crippen molar-refractivity contribution in [2.45, 2.75) is 6.92 Å². The molecule has 0 radical (unpaired) electrons. The van der Waals surface area contributed by atoms with Crippen LogP contribution in [0.4, 0.5) is 4.39 Å². The maximum Gasteiger partial charge on any atom is 0.310 e. The monoisotopic (exact) mass is 279 g/mol. The molecule has 0 spiro atoms. The van der Waals surface area contributed by atoms with Crippen molar-refractivity contribution in [1.82, 2.24) is 4.90 Å². The van der Waals surface area contributed by atoms with Crippen LogP contribution < -0.4 is 0 Å². The number of carbonyl (C=O) groups excluding carboxylic acids is 2. The minimum absolute atomic E-state index is 0.0218. The Labute approximate surface area is 117 Å². The molecule has 1 amide bonds. The van der Waals surface area contributed by atoms with E-state index in [0.717, 1.165) is 0 Å². The lowest BCUT2D eigenvalue weighted by atomic mass is 10.1. The third-order valence-electron chi connectivity index (χ3n) is 2.84. The summed E-state index contributed by atoms with van der Waals surface area (Å²) in [5.41, 5.74) is -0.0218. The predicted octanol–water partition coefficient (Wildman–Crippen LogP) is 2.26. The van der Waals surface area contributed by atoms with Gasteiger partial charge in [-0.05, 0) is 12.1 Å². The zero-order valence-corrected chi connectivity index (χ0v) is 11.6. The van der Waals surface area contributed by atoms with Crippen LogP contribution in [0.3, 0.4) is 0 Å². The number of methoxy groups -OCH3 is 1. The summed E-state index contributed by atoms with van der Waals surface area (Å²) in [5, 5.41) is 0. The predicted molar refractivity (Wildman–Crippen MR) is 73.7 cm³/mol. The number of ether oxygens (including phenoxy) is 1. The van der Waals surface area contributed by atoms with Gasteiger partial charge < -0.3 is 9.64 Å². The van der Waals surface area contributed by atoms with Crippen LogP contribution in [-0.2, 0) is 9.53 Å². The summed E-state index contributed by atoms with van der Waals surface area (Å²) in [5.74, 6) is -1.97. The number of benzene rings is 1. The molecule has 0 saturated heterocycles. The summed E-state index contributed by atoms with van der Waals surface area (Å²) in [7, 11) is 1.29. The van der Waals surface area contributed by atoms with E-state index < -0.39 is 23.6 Å². The molecule has 20 heavy (non-hydrogen) atoms. The Bertz CT molecular complexity index is 502. The minimum Gasteiger partial charge on any atom is -0.469 e. The lowest BCUT2D eigenvalue weighted by Crippen LogP contribution is -2.37. The molecule has 0 heterocycles. The molecule has 0 aliphatic carbocycles. The quantitative estimate of drug-likeness (QED) is 0.593. The fraction of sp³-hybridized carbons (Fsp3) is 0.333. The van der Waals surface area contributed by atoms with Crippen molar-refractivity contribution in [1.29, 1.82) is 0 Å². The molecule has 0 N–H and O–H groups in total. The van der Waals surface area contributed by atoms with Crippen molar-refractivity contribution in [2.24, 2.45) is 5.92 Å². The third kappa shape index (κ3) is 3.91. The van der Waals surface area contributed by atoms with Crippen LogP contribution in [0.2, 0.25) is 0 Å². The smallest absolute Gasteiger partial charge is 0.310 e. The van der Waals surface area contributed by atoms with Crippen molar-refractivity contribution in [3.63, 3.8) is 0 Å². The normalized spacial score (nSPS) is 11.6. The van der Waals surface area contributed by atoms with Crippen molar-refractivity contribution in [2.75, 3.05) is 20.2 Å². The van der Waals surface area contributed by atoms with Crippen LogP contribution in [0.15, 0.2) is 36.9 Å². The molecule has 1 rings (SSSR count). The second kappa shape index (κ2) is 7.43. The van der Waals surface area contributed by atoms with E-state index in [1.165, 1.54) is 36.3 Å². The Morgan fingerprint density at radius 2 is 2.10 bits per heavy atom. The second-order valence-corrected chi connectivity index (χ2v) is 4.40. The van der Waals surface area contributed by atoms with Crippen molar-refractivity contribution >= 4 is 11.9 Å². The number of halogens is 1. The second-order valence-electron chi connectivity index (χ2n) is 4.40. The van der Waals surface area contributed by atoms with Gasteiger partial charge in [0.25, 0.3) is 5.91 Å². The van der Waals surface area contributed by atoms with Crippen LogP contribution in [0.1, 0.15) is 17.3 Å². The van der Waals surface area contributed by atoms with Crippen LogP contribution in [0, 0.1) is 11.7 Å². The van der Waals surface area contributed by atoms with Crippen molar-refractivity contribution < 1.29 is 18.7 Å². The number of hydrogen-bond donors (Lipinski definition) is 0. The molecule has 1 aromatic rings. The molecule has 1 atom stereocenters. The van der Waals surface area contributed by atoms with Crippen molar-refractivity contribution in [3.8, 4) is 0 Å². The topological polar surface area (TPSA) is 46.6 Å². The first kappa shape index (κ1) is 15.9. The molecule has 4 nitrogen and oxygen atoms in total. The lowest BCUT2D eigenvalue weighted by molar-refractivity contribution is -0.145. The van der Waals surface area contributed by atoms with Gasteiger partial charge in [-0.15, -0.1) is 6.58 Å². The highest BCUT2D eigenvalue weighted by atomic mass is 19.1. The van der Waals surface area contributed by atoms with E-state index in [1.807, 2.05) is 0 Å². The molecule has 108 valence electrons. The van der Waals surface area contributed by atoms with E-state index >= 15 is 0 Å². The molecule has 0 bridgehead atoms. The number of esters is 1. The van der Waals surface area contributed by atoms with Crippen LogP contribution in [0.5, 0.6) is 0 Å². The molecule has 1 unspecified atom stereocenters. The van der Waals surface area contributed by atoms with E-state index in [9.17, 15) is 14.0 Å². The summed E-state index contributed by atoms with van der Waals surface area (Å²) < 4.78 is 18.3. The molecule has 0 aromatic heterocycles. The van der Waals surface area contributed by atoms with Gasteiger partial charge in [0.05, 0.1) is 18.6 Å². The van der Waals surface area contributed by atoms with Crippen LogP contribution in [-0.4, -0.2) is 37.0 Å². The first-order chi connectivity index (χ1) is 9.51. The van der Waals surface area contributed by atoms with Gasteiger partial charge in [-0.3, -0.25) is 9.59 Å². The maximum absolute atomic E-state index is 13.6. The van der Waals surface area contributed by atoms with E-state index in [0.29, 0.717) is 0 Å². The van der Waals surface area contributed by atoms with Gasteiger partial charge in [0.2, 0.25) is 0 Å². The van der Waals surface area contributed by atoms with E-state index in [-0.39, 0.29) is 18.7 Å². The lowest BCUT2D eigenvalue weighted by Gasteiger charge is -2.24. The number of hydrogen-bond acceptors (Lipinski definition) is 3. The van der Waals surface area contributed by atoms with Gasteiger partial charge in [-0.25, -0.2) is 4.39 Å². The third-order valence-corrected chi connectivity index (χ3v) is 2.84. The van der Waals surface area contributed by atoms with Gasteiger partial charge in [0.1, 0.15) is 5.82 Å². The summed E-state index contributed by atoms with van der Waals surface area (Å²) in [6.07, 6.45) is 1.53.